The summed E-state index contributed by atoms with van der Waals surface area (Å²) in [5.41, 5.74) is 0.425. The van der Waals surface area contributed by atoms with Crippen molar-refractivity contribution in [2.24, 2.45) is 0 Å². The van der Waals surface area contributed by atoms with Crippen molar-refractivity contribution >= 4 is 20.9 Å². The van der Waals surface area contributed by atoms with Gasteiger partial charge in [-0.25, -0.2) is 16.8 Å². The second-order valence-electron chi connectivity index (χ2n) is 4.58. The third-order valence-corrected chi connectivity index (χ3v) is 5.01. The summed E-state index contributed by atoms with van der Waals surface area (Å²) in [5.74, 6) is -0.246. The van der Waals surface area contributed by atoms with Crippen LogP contribution in [0.25, 0.3) is 10.9 Å². The third kappa shape index (κ3) is 2.25. The van der Waals surface area contributed by atoms with E-state index in [-0.39, 0.29) is 11.5 Å². The van der Waals surface area contributed by atoms with Crippen molar-refractivity contribution in [2.45, 2.75) is 4.90 Å². The van der Waals surface area contributed by atoms with Crippen LogP contribution in [0.3, 0.4) is 0 Å². The smallest absolute Gasteiger partial charge is 0.271 e. The van der Waals surface area contributed by atoms with E-state index in [1.54, 1.807) is 24.3 Å². The van der Waals surface area contributed by atoms with Crippen molar-refractivity contribution in [3.8, 4) is 5.75 Å². The third-order valence-electron chi connectivity index (χ3n) is 3.29. The molecule has 1 radical (unpaired) electrons. The first kappa shape index (κ1) is 14.6. The molecule has 0 saturated heterocycles. The van der Waals surface area contributed by atoms with Gasteiger partial charge in [-0.1, -0.05) is 18.2 Å². The van der Waals surface area contributed by atoms with Crippen LogP contribution in [0.2, 0.25) is 0 Å². The van der Waals surface area contributed by atoms with Crippen LogP contribution in [0.5, 0.6) is 5.75 Å². The molecule has 3 rings (SSSR count). The lowest BCUT2D eigenvalue weighted by atomic mass is 10.2. The molecule has 0 atom stereocenters. The average Bonchev–Trinajstić information content (AvgIpc) is 2.93. The van der Waals surface area contributed by atoms with Crippen molar-refractivity contribution in [1.29, 1.82) is 0 Å². The molecule has 0 spiro atoms. The van der Waals surface area contributed by atoms with Gasteiger partial charge in [-0.05, 0) is 37.3 Å². The van der Waals surface area contributed by atoms with E-state index in [0.717, 1.165) is 10.0 Å². The molecular weight excluding hydrogens is 305 g/mol. The van der Waals surface area contributed by atoms with Crippen LogP contribution < -0.4 is 4.74 Å². The van der Waals surface area contributed by atoms with Crippen LogP contribution in [0.15, 0.2) is 59.6 Å². The minimum atomic E-state index is -4.01. The largest absolute Gasteiger partial charge is 0.493 e. The SMILES string of the molecule is [CH2]COc1cccc2c1ccn2S(=O)(=O)c1ccccc1F. The summed E-state index contributed by atoms with van der Waals surface area (Å²) < 4.78 is 45.6. The lowest BCUT2D eigenvalue weighted by Gasteiger charge is -2.09. The fourth-order valence-corrected chi connectivity index (χ4v) is 3.74. The Balaban J connectivity index is 2.23. The van der Waals surface area contributed by atoms with E-state index in [0.29, 0.717) is 16.7 Å². The second kappa shape index (κ2) is 5.46. The minimum Gasteiger partial charge on any atom is -0.493 e. The molecule has 0 saturated carbocycles. The zero-order valence-corrected chi connectivity index (χ0v) is 12.4. The Hall–Kier alpha value is -2.34. The van der Waals surface area contributed by atoms with Crippen LogP contribution in [0.1, 0.15) is 0 Å². The molecule has 0 bridgehead atoms. The van der Waals surface area contributed by atoms with E-state index in [2.05, 4.69) is 6.92 Å². The monoisotopic (exact) mass is 318 g/mol. The number of benzene rings is 2. The van der Waals surface area contributed by atoms with Crippen LogP contribution >= 0.6 is 0 Å². The highest BCUT2D eigenvalue weighted by molar-refractivity contribution is 7.90. The number of hydrogen-bond donors (Lipinski definition) is 0. The molecule has 22 heavy (non-hydrogen) atoms. The normalized spacial score (nSPS) is 11.7. The summed E-state index contributed by atoms with van der Waals surface area (Å²) in [6, 6.07) is 12.0. The number of rotatable bonds is 4. The molecule has 113 valence electrons. The molecule has 4 nitrogen and oxygen atoms in total. The molecule has 0 unspecified atom stereocenters. The highest BCUT2D eigenvalue weighted by Crippen LogP contribution is 2.29. The number of nitrogens with zero attached hydrogens (tertiary/aromatic N) is 1. The standard InChI is InChI=1S/C16H13FNO3S/c1-2-21-15-8-5-7-14-12(15)10-11-18(14)22(19,20)16-9-4-3-6-13(16)17/h3-11H,1-2H2. The maximum Gasteiger partial charge on any atom is 0.271 e. The van der Waals surface area contributed by atoms with Crippen LogP contribution in [-0.4, -0.2) is 19.0 Å². The fraction of sp³-hybridized carbons (Fsp3) is 0.0625. The molecule has 3 aromatic rings. The van der Waals surface area contributed by atoms with Crippen LogP contribution in [0.4, 0.5) is 4.39 Å². The van der Waals surface area contributed by atoms with E-state index in [1.165, 1.54) is 24.4 Å². The zero-order valence-electron chi connectivity index (χ0n) is 11.6. The van der Waals surface area contributed by atoms with Gasteiger partial charge in [0.1, 0.15) is 16.5 Å². The maximum atomic E-state index is 13.9. The van der Waals surface area contributed by atoms with Gasteiger partial charge in [0.05, 0.1) is 12.1 Å². The number of hydrogen-bond acceptors (Lipinski definition) is 3. The van der Waals surface area contributed by atoms with Gasteiger partial charge in [0.15, 0.2) is 0 Å². The molecule has 0 N–H and O–H groups in total. The van der Waals surface area contributed by atoms with E-state index in [9.17, 15) is 12.8 Å². The highest BCUT2D eigenvalue weighted by atomic mass is 32.2. The Morgan fingerprint density at radius 1 is 1.09 bits per heavy atom. The maximum absolute atomic E-state index is 13.9. The number of halogens is 1. The van der Waals surface area contributed by atoms with Gasteiger partial charge in [-0.2, -0.15) is 0 Å². The quantitative estimate of drug-likeness (QED) is 0.742. The first-order valence-electron chi connectivity index (χ1n) is 6.58. The van der Waals surface area contributed by atoms with Gasteiger partial charge < -0.3 is 4.74 Å². The molecule has 0 aliphatic carbocycles. The van der Waals surface area contributed by atoms with Gasteiger partial charge in [0.2, 0.25) is 0 Å². The van der Waals surface area contributed by atoms with Crippen LogP contribution in [-0.2, 0) is 10.0 Å². The minimum absolute atomic E-state index is 0.227. The number of fused-ring (bicyclic) bond motifs is 1. The summed E-state index contributed by atoms with van der Waals surface area (Å²) in [5, 5.41) is 0.631. The van der Waals surface area contributed by atoms with Gasteiger partial charge >= 0.3 is 0 Å². The molecule has 6 heteroatoms. The molecule has 0 aliphatic rings. The zero-order chi connectivity index (χ0) is 15.7. The highest BCUT2D eigenvalue weighted by Gasteiger charge is 2.23. The summed E-state index contributed by atoms with van der Waals surface area (Å²) in [6.45, 7) is 3.83. The first-order chi connectivity index (χ1) is 10.6. The fourth-order valence-electron chi connectivity index (χ4n) is 2.32. The lowest BCUT2D eigenvalue weighted by Crippen LogP contribution is -2.13. The van der Waals surface area contributed by atoms with E-state index in [4.69, 9.17) is 4.74 Å². The molecule has 0 amide bonds. The molecule has 1 heterocycles. The van der Waals surface area contributed by atoms with Crippen LogP contribution in [0, 0.1) is 12.7 Å². The molecule has 0 fully saturated rings. The lowest BCUT2D eigenvalue weighted by molar-refractivity contribution is 0.365. The Kier molecular flexibility index (Phi) is 3.62. The Morgan fingerprint density at radius 3 is 2.59 bits per heavy atom. The van der Waals surface area contributed by atoms with Gasteiger partial charge in [-0.15, -0.1) is 0 Å². The van der Waals surface area contributed by atoms with E-state index < -0.39 is 15.8 Å². The summed E-state index contributed by atoms with van der Waals surface area (Å²) in [7, 11) is -4.01. The molecule has 0 aliphatic heterocycles. The number of ether oxygens (including phenoxy) is 1. The topological polar surface area (TPSA) is 48.3 Å². The Labute approximate surface area is 127 Å². The van der Waals surface area contributed by atoms with Crippen molar-refractivity contribution in [3.05, 3.63) is 67.5 Å². The molecular formula is C16H13FNO3S. The summed E-state index contributed by atoms with van der Waals surface area (Å²) in [6.07, 6.45) is 1.39. The van der Waals surface area contributed by atoms with E-state index in [1.807, 2.05) is 0 Å². The van der Waals surface area contributed by atoms with Crippen molar-refractivity contribution in [3.63, 3.8) is 0 Å². The Bertz CT molecular complexity index is 931. The van der Waals surface area contributed by atoms with Gasteiger partial charge in [-0.3, -0.25) is 0 Å². The molecule has 2 aromatic carbocycles. The van der Waals surface area contributed by atoms with Gasteiger partial charge in [0.25, 0.3) is 10.0 Å². The van der Waals surface area contributed by atoms with Crippen molar-refractivity contribution < 1.29 is 17.5 Å². The van der Waals surface area contributed by atoms with Crippen molar-refractivity contribution in [1.82, 2.24) is 3.97 Å². The molecule has 1 aromatic heterocycles. The average molecular weight is 318 g/mol. The predicted octanol–water partition coefficient (Wildman–Crippen LogP) is 3.23. The predicted molar refractivity (Wildman–Crippen MR) is 81.8 cm³/mol. The Morgan fingerprint density at radius 2 is 1.86 bits per heavy atom. The number of aromatic nitrogens is 1. The first-order valence-corrected chi connectivity index (χ1v) is 8.02. The summed E-state index contributed by atoms with van der Waals surface area (Å²) in [4.78, 5) is -0.365. The van der Waals surface area contributed by atoms with Crippen molar-refractivity contribution in [2.75, 3.05) is 6.61 Å². The van der Waals surface area contributed by atoms with E-state index >= 15 is 0 Å². The second-order valence-corrected chi connectivity index (χ2v) is 6.37. The van der Waals surface area contributed by atoms with Gasteiger partial charge in [0, 0.05) is 11.6 Å². The summed E-state index contributed by atoms with van der Waals surface area (Å²) >= 11 is 0.